The molecule has 2 aliphatic carbocycles. The summed E-state index contributed by atoms with van der Waals surface area (Å²) in [7, 11) is 0. The minimum atomic E-state index is -0.970. The summed E-state index contributed by atoms with van der Waals surface area (Å²) in [6.45, 7) is 5.33. The summed E-state index contributed by atoms with van der Waals surface area (Å²) in [5.74, 6) is -0.137. The maximum atomic E-state index is 14.1. The van der Waals surface area contributed by atoms with E-state index >= 15 is 0 Å². The van der Waals surface area contributed by atoms with Gasteiger partial charge in [-0.1, -0.05) is 0 Å². The second-order valence-electron chi connectivity index (χ2n) is 7.52. The van der Waals surface area contributed by atoms with Crippen LogP contribution in [0.3, 0.4) is 0 Å². The summed E-state index contributed by atoms with van der Waals surface area (Å²) in [5, 5.41) is 0. The number of ether oxygens (including phenoxy) is 3. The Kier molecular flexibility index (Phi) is 6.74. The van der Waals surface area contributed by atoms with Crippen molar-refractivity contribution >= 4 is 0 Å². The van der Waals surface area contributed by atoms with Crippen molar-refractivity contribution in [1.29, 1.82) is 0 Å². The van der Waals surface area contributed by atoms with Gasteiger partial charge in [0.25, 0.3) is 0 Å². The number of benzene rings is 1. The molecular formula is C21H30F2O3. The molecule has 1 aromatic carbocycles. The summed E-state index contributed by atoms with van der Waals surface area (Å²) < 4.78 is 44.6. The molecule has 0 heterocycles. The van der Waals surface area contributed by atoms with Gasteiger partial charge in [-0.2, -0.15) is 8.78 Å². The molecule has 0 N–H and O–H groups in total. The molecule has 0 aromatic heterocycles. The largest absolute Gasteiger partial charge is 0.491 e. The van der Waals surface area contributed by atoms with Crippen molar-refractivity contribution in [2.24, 2.45) is 17.8 Å². The lowest BCUT2D eigenvalue weighted by Gasteiger charge is -2.41. The Morgan fingerprint density at radius 1 is 0.846 bits per heavy atom. The number of hydrogen-bond acceptors (Lipinski definition) is 3. The first-order valence-corrected chi connectivity index (χ1v) is 9.97. The lowest BCUT2D eigenvalue weighted by molar-refractivity contribution is -0.0173. The van der Waals surface area contributed by atoms with Crippen LogP contribution in [0.2, 0.25) is 0 Å². The van der Waals surface area contributed by atoms with Gasteiger partial charge in [0.2, 0.25) is 11.6 Å². The first kappa shape index (κ1) is 19.4. The normalized spacial score (nSPS) is 28.5. The molecule has 26 heavy (non-hydrogen) atoms. The molecule has 2 saturated carbocycles. The zero-order valence-corrected chi connectivity index (χ0v) is 15.8. The van der Waals surface area contributed by atoms with Gasteiger partial charge < -0.3 is 14.2 Å². The van der Waals surface area contributed by atoms with Crippen LogP contribution in [0.25, 0.3) is 0 Å². The minimum Gasteiger partial charge on any atom is -0.491 e. The van der Waals surface area contributed by atoms with Crippen molar-refractivity contribution in [1.82, 2.24) is 0 Å². The molecule has 4 atom stereocenters. The first-order valence-electron chi connectivity index (χ1n) is 9.97. The Balaban J connectivity index is 1.52. The highest BCUT2D eigenvalue weighted by Crippen LogP contribution is 2.43. The molecule has 0 spiro atoms. The van der Waals surface area contributed by atoms with E-state index in [-0.39, 0.29) is 11.5 Å². The number of hydrogen-bond donors (Lipinski definition) is 0. The van der Waals surface area contributed by atoms with E-state index in [9.17, 15) is 8.78 Å². The maximum absolute atomic E-state index is 14.1. The molecule has 0 saturated heterocycles. The van der Waals surface area contributed by atoms with E-state index in [1.165, 1.54) is 31.4 Å². The van der Waals surface area contributed by atoms with Crippen LogP contribution in [0.5, 0.6) is 11.5 Å². The van der Waals surface area contributed by atoms with Crippen LogP contribution in [0.1, 0.15) is 52.4 Å². The second-order valence-corrected chi connectivity index (χ2v) is 7.52. The van der Waals surface area contributed by atoms with Crippen LogP contribution in [0.4, 0.5) is 8.78 Å². The predicted octanol–water partition coefficient (Wildman–Crippen LogP) is 5.36. The molecule has 146 valence electrons. The lowest BCUT2D eigenvalue weighted by Crippen LogP contribution is -2.35. The van der Waals surface area contributed by atoms with Gasteiger partial charge in [-0.05, 0) is 82.3 Å². The summed E-state index contributed by atoms with van der Waals surface area (Å²) in [4.78, 5) is 0. The Hall–Kier alpha value is -1.36. The van der Waals surface area contributed by atoms with E-state index in [0.29, 0.717) is 25.2 Å². The van der Waals surface area contributed by atoms with Crippen molar-refractivity contribution < 1.29 is 23.0 Å². The van der Waals surface area contributed by atoms with Gasteiger partial charge in [-0.3, -0.25) is 0 Å². The van der Waals surface area contributed by atoms with Gasteiger partial charge in [0.05, 0.1) is 19.3 Å². The van der Waals surface area contributed by atoms with Crippen LogP contribution in [0.15, 0.2) is 12.1 Å². The third-order valence-corrected chi connectivity index (χ3v) is 5.86. The van der Waals surface area contributed by atoms with Gasteiger partial charge in [0.1, 0.15) is 0 Å². The van der Waals surface area contributed by atoms with Crippen molar-refractivity contribution in [3.05, 3.63) is 23.8 Å². The monoisotopic (exact) mass is 368 g/mol. The van der Waals surface area contributed by atoms with Gasteiger partial charge in [-0.25, -0.2) is 0 Å². The second kappa shape index (κ2) is 9.03. The van der Waals surface area contributed by atoms with Crippen LogP contribution in [-0.2, 0) is 4.74 Å². The Labute approximate surface area is 155 Å². The number of rotatable bonds is 7. The molecule has 3 nitrogen and oxygen atoms in total. The van der Waals surface area contributed by atoms with Gasteiger partial charge in [0.15, 0.2) is 11.5 Å². The molecule has 0 bridgehead atoms. The first-order chi connectivity index (χ1) is 12.6. The summed E-state index contributed by atoms with van der Waals surface area (Å²) in [6.07, 6.45) is 7.33. The quantitative estimate of drug-likeness (QED) is 0.648. The fourth-order valence-electron chi connectivity index (χ4n) is 4.58. The molecule has 5 heteroatoms. The molecule has 4 unspecified atom stereocenters. The van der Waals surface area contributed by atoms with E-state index in [2.05, 4.69) is 6.92 Å². The molecule has 0 amide bonds. The van der Waals surface area contributed by atoms with Crippen LogP contribution in [0, 0.1) is 29.4 Å². The topological polar surface area (TPSA) is 27.7 Å². The highest BCUT2D eigenvalue weighted by Gasteiger charge is 2.36. The van der Waals surface area contributed by atoms with Crippen molar-refractivity contribution in [2.75, 3.05) is 19.8 Å². The highest BCUT2D eigenvalue weighted by molar-refractivity contribution is 5.35. The number of halogens is 2. The smallest absolute Gasteiger partial charge is 0.204 e. The van der Waals surface area contributed by atoms with E-state index < -0.39 is 11.6 Å². The molecule has 2 aliphatic rings. The summed E-state index contributed by atoms with van der Waals surface area (Å²) in [5.41, 5.74) is 0. The highest BCUT2D eigenvalue weighted by atomic mass is 19.2. The van der Waals surface area contributed by atoms with E-state index in [1.54, 1.807) is 6.92 Å². The fraction of sp³-hybridized carbons (Fsp3) is 0.714. The maximum Gasteiger partial charge on any atom is 0.204 e. The molecule has 0 aliphatic heterocycles. The standard InChI is InChI=1S/C21H30F2O3/c1-3-24-17-8-7-15-11-14(5-6-16(15)12-17)13-26-19-10-9-18(25-4-2)20(22)21(19)23/h9-10,14-17H,3-8,11-13H2,1-2H3. The SMILES string of the molecule is CCOc1ccc(OCC2CCC3CC(OCC)CCC3C2)c(F)c1F. The Morgan fingerprint density at radius 2 is 1.50 bits per heavy atom. The van der Waals surface area contributed by atoms with Crippen LogP contribution in [-0.4, -0.2) is 25.9 Å². The molecule has 1 aromatic rings. The van der Waals surface area contributed by atoms with E-state index in [0.717, 1.165) is 37.7 Å². The molecule has 2 fully saturated rings. The van der Waals surface area contributed by atoms with Crippen molar-refractivity contribution in [2.45, 2.75) is 58.5 Å². The Morgan fingerprint density at radius 3 is 2.19 bits per heavy atom. The summed E-state index contributed by atoms with van der Waals surface area (Å²) in [6, 6.07) is 2.89. The van der Waals surface area contributed by atoms with E-state index in [4.69, 9.17) is 14.2 Å². The van der Waals surface area contributed by atoms with Gasteiger partial charge in [0, 0.05) is 6.61 Å². The van der Waals surface area contributed by atoms with Crippen LogP contribution < -0.4 is 9.47 Å². The third-order valence-electron chi connectivity index (χ3n) is 5.86. The average molecular weight is 368 g/mol. The zero-order chi connectivity index (χ0) is 18.5. The average Bonchev–Trinajstić information content (AvgIpc) is 2.65. The van der Waals surface area contributed by atoms with Gasteiger partial charge >= 0.3 is 0 Å². The molecule has 3 rings (SSSR count). The summed E-state index contributed by atoms with van der Waals surface area (Å²) >= 11 is 0. The van der Waals surface area contributed by atoms with E-state index in [1.807, 2.05) is 0 Å². The molecule has 0 radical (unpaired) electrons. The minimum absolute atomic E-state index is 0.0202. The Bertz CT molecular complexity index is 593. The number of fused-ring (bicyclic) bond motifs is 1. The third kappa shape index (κ3) is 4.48. The fourth-order valence-corrected chi connectivity index (χ4v) is 4.58. The van der Waals surface area contributed by atoms with Crippen molar-refractivity contribution in [3.8, 4) is 11.5 Å². The zero-order valence-electron chi connectivity index (χ0n) is 15.8. The predicted molar refractivity (Wildman–Crippen MR) is 96.6 cm³/mol. The van der Waals surface area contributed by atoms with Gasteiger partial charge in [-0.15, -0.1) is 0 Å². The molecular weight excluding hydrogens is 338 g/mol. The van der Waals surface area contributed by atoms with Crippen LogP contribution >= 0.6 is 0 Å². The lowest BCUT2D eigenvalue weighted by atomic mass is 9.67. The van der Waals surface area contributed by atoms with Crippen molar-refractivity contribution in [3.63, 3.8) is 0 Å².